The van der Waals surface area contributed by atoms with Gasteiger partial charge < -0.3 is 20.5 Å². The van der Waals surface area contributed by atoms with Crippen LogP contribution in [0.15, 0.2) is 48.8 Å². The van der Waals surface area contributed by atoms with E-state index >= 15 is 0 Å². The van der Waals surface area contributed by atoms with Gasteiger partial charge in [0.2, 0.25) is 5.95 Å². The fourth-order valence-electron chi connectivity index (χ4n) is 5.60. The molecule has 4 aromatic rings. The van der Waals surface area contributed by atoms with E-state index in [1.807, 2.05) is 6.33 Å². The van der Waals surface area contributed by atoms with Crippen LogP contribution < -0.4 is 16.0 Å². The first-order valence-corrected chi connectivity index (χ1v) is 14.6. The molecule has 2 aromatic carbocycles. The predicted octanol–water partition coefficient (Wildman–Crippen LogP) is 7.03. The molecule has 0 bridgehead atoms. The van der Waals surface area contributed by atoms with Gasteiger partial charge in [-0.2, -0.15) is 9.97 Å². The van der Waals surface area contributed by atoms with Crippen LogP contribution in [0.1, 0.15) is 75.6 Å². The summed E-state index contributed by atoms with van der Waals surface area (Å²) in [6.07, 6.45) is 7.69. The number of benzene rings is 2. The summed E-state index contributed by atoms with van der Waals surface area (Å²) in [6, 6.07) is 16.8. The number of nitrogens with zero attached hydrogens (tertiary/aromatic N) is 4. The molecular formula is C32H43N7. The molecule has 206 valence electrons. The molecule has 1 fully saturated rings. The maximum absolute atomic E-state index is 4.92. The third-order valence-corrected chi connectivity index (χ3v) is 7.69. The Kier molecular flexibility index (Phi) is 8.46. The first-order valence-electron chi connectivity index (χ1n) is 14.6. The Bertz CT molecular complexity index is 1360. The zero-order valence-electron chi connectivity index (χ0n) is 24.1. The molecule has 1 saturated carbocycles. The maximum atomic E-state index is 4.92. The van der Waals surface area contributed by atoms with E-state index in [1.54, 1.807) is 0 Å². The zero-order valence-corrected chi connectivity index (χ0v) is 24.1. The molecule has 39 heavy (non-hydrogen) atoms. The number of hydrogen-bond donors (Lipinski definition) is 3. The van der Waals surface area contributed by atoms with Crippen LogP contribution in [0.5, 0.6) is 0 Å². The molecule has 0 amide bonds. The monoisotopic (exact) mass is 525 g/mol. The average Bonchev–Trinajstić information content (AvgIpc) is 3.36. The van der Waals surface area contributed by atoms with Gasteiger partial charge in [-0.3, -0.25) is 0 Å². The predicted molar refractivity (Wildman–Crippen MR) is 162 cm³/mol. The second kappa shape index (κ2) is 12.2. The Hall–Kier alpha value is -3.45. The average molecular weight is 526 g/mol. The highest BCUT2D eigenvalue weighted by Crippen LogP contribution is 2.27. The van der Waals surface area contributed by atoms with Crippen molar-refractivity contribution in [3.05, 3.63) is 65.5 Å². The Morgan fingerprint density at radius 1 is 0.897 bits per heavy atom. The molecule has 0 radical (unpaired) electrons. The van der Waals surface area contributed by atoms with E-state index < -0.39 is 0 Å². The molecule has 0 aliphatic heterocycles. The summed E-state index contributed by atoms with van der Waals surface area (Å²) in [5.74, 6) is 1.46. The van der Waals surface area contributed by atoms with Gasteiger partial charge in [-0.15, -0.1) is 0 Å². The largest absolute Gasteiger partial charge is 0.364 e. The van der Waals surface area contributed by atoms with Gasteiger partial charge in [-0.1, -0.05) is 60.5 Å². The van der Waals surface area contributed by atoms with Crippen molar-refractivity contribution in [1.82, 2.24) is 24.8 Å². The van der Waals surface area contributed by atoms with Gasteiger partial charge in [0.1, 0.15) is 0 Å². The van der Waals surface area contributed by atoms with Crippen LogP contribution >= 0.6 is 0 Å². The Balaban J connectivity index is 1.31. The fourth-order valence-corrected chi connectivity index (χ4v) is 5.60. The van der Waals surface area contributed by atoms with Crippen LogP contribution in [0.4, 0.5) is 11.8 Å². The van der Waals surface area contributed by atoms with Crippen molar-refractivity contribution in [3.8, 4) is 11.1 Å². The molecule has 1 aliphatic carbocycles. The third-order valence-electron chi connectivity index (χ3n) is 7.69. The first-order chi connectivity index (χ1) is 18.9. The van der Waals surface area contributed by atoms with Crippen molar-refractivity contribution in [2.45, 2.75) is 91.4 Å². The molecular weight excluding hydrogens is 482 g/mol. The molecule has 1 aliphatic rings. The third kappa shape index (κ3) is 6.59. The van der Waals surface area contributed by atoms with Crippen LogP contribution in [-0.4, -0.2) is 38.1 Å². The van der Waals surface area contributed by atoms with E-state index in [9.17, 15) is 0 Å². The van der Waals surface area contributed by atoms with E-state index in [0.717, 1.165) is 36.4 Å². The SMILES string of the molecule is CCCNC1CCC(Nc2nc(NCc3ccc(-c4cc(C)cc(C)c4)cc3)c3ncn(C(C)C)c3n2)CC1. The van der Waals surface area contributed by atoms with Crippen LogP contribution in [0, 0.1) is 13.8 Å². The standard InChI is InChI=1S/C32H43N7/c1-6-15-33-27-11-13-28(14-12-27)36-32-37-30(29-31(38-32)39(20-35-29)21(2)3)34-19-24-7-9-25(10-8-24)26-17-22(4)16-23(5)18-26/h7-10,16-18,20-21,27-28,33H,6,11-15,19H2,1-5H3,(H2,34,36,37,38). The molecule has 2 aromatic heterocycles. The highest BCUT2D eigenvalue weighted by atomic mass is 15.2. The second-order valence-electron chi connectivity index (χ2n) is 11.4. The van der Waals surface area contributed by atoms with E-state index in [2.05, 4.69) is 103 Å². The highest BCUT2D eigenvalue weighted by molar-refractivity contribution is 5.84. The molecule has 7 nitrogen and oxygen atoms in total. The molecule has 3 N–H and O–H groups in total. The summed E-state index contributed by atoms with van der Waals surface area (Å²) in [5, 5.41) is 10.9. The van der Waals surface area contributed by atoms with Crippen molar-refractivity contribution in [1.29, 1.82) is 0 Å². The molecule has 0 saturated heterocycles. The van der Waals surface area contributed by atoms with Crippen LogP contribution in [0.25, 0.3) is 22.3 Å². The molecule has 0 spiro atoms. The number of nitrogens with one attached hydrogen (secondary N) is 3. The van der Waals surface area contributed by atoms with Crippen LogP contribution in [-0.2, 0) is 6.54 Å². The van der Waals surface area contributed by atoms with E-state index in [4.69, 9.17) is 9.97 Å². The Morgan fingerprint density at radius 3 is 2.26 bits per heavy atom. The maximum Gasteiger partial charge on any atom is 0.227 e. The lowest BCUT2D eigenvalue weighted by atomic mass is 9.91. The normalized spacial score (nSPS) is 17.6. The van der Waals surface area contributed by atoms with Crippen molar-refractivity contribution in [3.63, 3.8) is 0 Å². The second-order valence-corrected chi connectivity index (χ2v) is 11.4. The number of hydrogen-bond acceptors (Lipinski definition) is 6. The van der Waals surface area contributed by atoms with Crippen molar-refractivity contribution in [2.75, 3.05) is 17.2 Å². The van der Waals surface area contributed by atoms with Crippen LogP contribution in [0.2, 0.25) is 0 Å². The lowest BCUT2D eigenvalue weighted by Crippen LogP contribution is -2.37. The minimum atomic E-state index is 0.267. The minimum Gasteiger partial charge on any atom is -0.364 e. The summed E-state index contributed by atoms with van der Waals surface area (Å²) in [7, 11) is 0. The van der Waals surface area contributed by atoms with Crippen molar-refractivity contribution in [2.24, 2.45) is 0 Å². The lowest BCUT2D eigenvalue weighted by Gasteiger charge is -2.29. The van der Waals surface area contributed by atoms with Crippen molar-refractivity contribution >= 4 is 22.9 Å². The minimum absolute atomic E-state index is 0.267. The number of fused-ring (bicyclic) bond motifs is 1. The quantitative estimate of drug-likeness (QED) is 0.206. The number of aryl methyl sites for hydroxylation is 2. The molecule has 0 unspecified atom stereocenters. The summed E-state index contributed by atoms with van der Waals surface area (Å²) in [4.78, 5) is 14.5. The van der Waals surface area contributed by atoms with Gasteiger partial charge in [0.25, 0.3) is 0 Å². The highest BCUT2D eigenvalue weighted by Gasteiger charge is 2.22. The number of aromatic nitrogens is 4. The smallest absolute Gasteiger partial charge is 0.227 e. The Labute approximate surface area is 232 Å². The Morgan fingerprint density at radius 2 is 1.59 bits per heavy atom. The first kappa shape index (κ1) is 27.1. The van der Waals surface area contributed by atoms with E-state index in [-0.39, 0.29) is 6.04 Å². The van der Waals surface area contributed by atoms with E-state index in [0.29, 0.717) is 24.6 Å². The van der Waals surface area contributed by atoms with E-state index in [1.165, 1.54) is 47.1 Å². The fraction of sp³-hybridized carbons (Fsp3) is 0.469. The number of imidazole rings is 1. The topological polar surface area (TPSA) is 79.7 Å². The van der Waals surface area contributed by atoms with Gasteiger partial charge in [0.05, 0.1) is 6.33 Å². The van der Waals surface area contributed by atoms with Gasteiger partial charge in [0.15, 0.2) is 17.0 Å². The van der Waals surface area contributed by atoms with Gasteiger partial charge in [0, 0.05) is 24.7 Å². The van der Waals surface area contributed by atoms with Gasteiger partial charge in [-0.25, -0.2) is 4.98 Å². The summed E-state index contributed by atoms with van der Waals surface area (Å²) in [6.45, 7) is 12.6. The van der Waals surface area contributed by atoms with Crippen LogP contribution in [0.3, 0.4) is 0 Å². The summed E-state index contributed by atoms with van der Waals surface area (Å²) in [5.41, 5.74) is 7.95. The molecule has 0 atom stereocenters. The summed E-state index contributed by atoms with van der Waals surface area (Å²) < 4.78 is 2.12. The number of anilines is 2. The summed E-state index contributed by atoms with van der Waals surface area (Å²) >= 11 is 0. The molecule has 5 rings (SSSR count). The van der Waals surface area contributed by atoms with Crippen molar-refractivity contribution < 1.29 is 0 Å². The lowest BCUT2D eigenvalue weighted by molar-refractivity contribution is 0.354. The molecule has 7 heteroatoms. The van der Waals surface area contributed by atoms with Gasteiger partial charge >= 0.3 is 0 Å². The molecule has 2 heterocycles. The van der Waals surface area contributed by atoms with Gasteiger partial charge in [-0.05, 0) is 83.0 Å². The zero-order chi connectivity index (χ0) is 27.4. The number of rotatable bonds is 10.